The van der Waals surface area contributed by atoms with Gasteiger partial charge in [-0.05, 0) is 6.42 Å². The van der Waals surface area contributed by atoms with E-state index < -0.39 is 6.10 Å². The van der Waals surface area contributed by atoms with Gasteiger partial charge < -0.3 is 9.22 Å². The lowest BCUT2D eigenvalue weighted by molar-refractivity contribution is -0.873. The van der Waals surface area contributed by atoms with Crippen molar-refractivity contribution in [1.29, 1.82) is 0 Å². The first-order valence-corrected chi connectivity index (χ1v) is 11.9. The summed E-state index contributed by atoms with van der Waals surface area (Å²) in [5, 5.41) is -0.248. The van der Waals surface area contributed by atoms with Crippen molar-refractivity contribution in [3.05, 3.63) is 0 Å². The second-order valence-electron chi connectivity index (χ2n) is 8.57. The molecule has 0 aliphatic rings. The van der Waals surface area contributed by atoms with Gasteiger partial charge in [-0.2, -0.15) is 0 Å². The number of esters is 1. The van der Waals surface area contributed by atoms with Gasteiger partial charge in [-0.25, -0.2) is 0 Å². The van der Waals surface area contributed by atoms with Crippen LogP contribution in [0.4, 0.5) is 0 Å². The molecule has 0 saturated carbocycles. The van der Waals surface area contributed by atoms with E-state index in [0.29, 0.717) is 11.0 Å². The fourth-order valence-electron chi connectivity index (χ4n) is 3.12. The number of unbranched alkanes of at least 4 members (excludes halogenated alkanes) is 9. The molecule has 6 heteroatoms. The number of thiol groups is 1. The molecule has 2 unspecified atom stereocenters. The number of quaternary nitrogens is 1. The number of rotatable bonds is 17. The number of ether oxygens (including phenoxy) is 1. The fourth-order valence-corrected chi connectivity index (χ4v) is 3.75. The number of likely N-dealkylation sites (N-methyl/N-ethyl adjacent to an activating group) is 1. The molecule has 0 bridgehead atoms. The maximum absolute atomic E-state index is 12.3. The molecular weight excluding hydrogens is 426 g/mol. The molecule has 0 spiro atoms. The Morgan fingerprint density at radius 2 is 1.41 bits per heavy atom. The Bertz CT molecular complexity index is 413. The Hall–Kier alpha value is -0.0700. The van der Waals surface area contributed by atoms with E-state index in [1.165, 1.54) is 51.4 Å². The van der Waals surface area contributed by atoms with Crippen LogP contribution in [0, 0.1) is 0 Å². The van der Waals surface area contributed by atoms with Crippen LogP contribution >= 0.6 is 28.6 Å². The van der Waals surface area contributed by atoms with Crippen LogP contribution < -0.4 is 0 Å². The van der Waals surface area contributed by atoms with Gasteiger partial charge in [0.05, 0.1) is 27.6 Å². The summed E-state index contributed by atoms with van der Waals surface area (Å²) in [5.74, 6) is -0.265. The van der Waals surface area contributed by atoms with E-state index in [2.05, 4.69) is 35.5 Å². The quantitative estimate of drug-likeness (QED) is 0.101. The molecule has 0 saturated heterocycles. The predicted octanol–water partition coefficient (Wildman–Crippen LogP) is 5.53. The lowest BCUT2D eigenvalue weighted by Gasteiger charge is -2.29. The van der Waals surface area contributed by atoms with Crippen molar-refractivity contribution < 1.29 is 18.8 Å². The van der Waals surface area contributed by atoms with Crippen LogP contribution in [0.2, 0.25) is 0 Å². The first kappa shape index (κ1) is 26.9. The molecule has 2 atom stereocenters. The first-order chi connectivity index (χ1) is 12.7. The summed E-state index contributed by atoms with van der Waals surface area (Å²) in [4.78, 5) is 23.3. The van der Waals surface area contributed by atoms with E-state index in [-0.39, 0.29) is 22.3 Å². The molecule has 27 heavy (non-hydrogen) atoms. The number of hydrogen-bond donors (Lipinski definition) is 1. The maximum atomic E-state index is 12.3. The van der Waals surface area contributed by atoms with Gasteiger partial charge >= 0.3 is 5.97 Å². The molecule has 4 nitrogen and oxygen atoms in total. The molecule has 0 aliphatic heterocycles. The van der Waals surface area contributed by atoms with Crippen molar-refractivity contribution in [2.75, 3.05) is 27.7 Å². The van der Waals surface area contributed by atoms with Gasteiger partial charge in [0.25, 0.3) is 0 Å². The van der Waals surface area contributed by atoms with Crippen molar-refractivity contribution in [3.63, 3.8) is 0 Å². The number of nitrogens with zero attached hydrogens (tertiary/aromatic N) is 1. The highest BCUT2D eigenvalue weighted by atomic mass is 79.9. The summed E-state index contributed by atoms with van der Waals surface area (Å²) in [5.41, 5.74) is 0. The normalized spacial score (nSPS) is 14.0. The number of alkyl halides is 1. The third kappa shape index (κ3) is 17.7. The summed E-state index contributed by atoms with van der Waals surface area (Å²) >= 11 is 7.28. The molecule has 0 aromatic rings. The van der Waals surface area contributed by atoms with Gasteiger partial charge in [-0.1, -0.05) is 87.1 Å². The molecule has 0 heterocycles. The van der Waals surface area contributed by atoms with E-state index >= 15 is 0 Å². The molecule has 0 aliphatic carbocycles. The highest BCUT2D eigenvalue weighted by Crippen LogP contribution is 2.17. The minimum atomic E-state index is -0.421. The Morgan fingerprint density at radius 3 is 1.85 bits per heavy atom. The standard InChI is InChI=1S/C21H40BrNO3S/c1-5-6-7-8-9-10-11-12-13-14-15-19(22)21(25)26-18(16-20(24)27)17-23(2,3)4/h18-19H,5-17H2,1-4H3/p+1. The third-order valence-electron chi connectivity index (χ3n) is 4.50. The minimum Gasteiger partial charge on any atom is -0.455 e. The van der Waals surface area contributed by atoms with Crippen LogP contribution in [0.3, 0.4) is 0 Å². The highest BCUT2D eigenvalue weighted by Gasteiger charge is 2.26. The molecule has 0 aromatic carbocycles. The van der Waals surface area contributed by atoms with Crippen LogP contribution in [-0.2, 0) is 14.3 Å². The number of halogens is 1. The van der Waals surface area contributed by atoms with Crippen molar-refractivity contribution in [2.45, 2.75) is 94.9 Å². The Kier molecular flexibility index (Phi) is 15.8. The summed E-state index contributed by atoms with van der Waals surface area (Å²) in [7, 11) is 6.04. The Labute approximate surface area is 180 Å². The fraction of sp³-hybridized carbons (Fsp3) is 0.905. The molecule has 0 rings (SSSR count). The van der Waals surface area contributed by atoms with Crippen molar-refractivity contribution in [1.82, 2.24) is 0 Å². The molecule has 0 N–H and O–H groups in total. The number of carbonyl (C=O) groups is 2. The van der Waals surface area contributed by atoms with Gasteiger partial charge in [-0.3, -0.25) is 9.59 Å². The van der Waals surface area contributed by atoms with Crippen LogP contribution in [-0.4, -0.2) is 54.2 Å². The van der Waals surface area contributed by atoms with Crippen molar-refractivity contribution in [3.8, 4) is 0 Å². The lowest BCUT2D eigenvalue weighted by Crippen LogP contribution is -2.44. The summed E-state index contributed by atoms with van der Waals surface area (Å²) in [6.45, 7) is 2.84. The summed E-state index contributed by atoms with van der Waals surface area (Å²) < 4.78 is 6.20. The molecule has 0 radical (unpaired) electrons. The topological polar surface area (TPSA) is 43.4 Å². The smallest absolute Gasteiger partial charge is 0.320 e. The molecule has 0 aromatic heterocycles. The van der Waals surface area contributed by atoms with Crippen molar-refractivity contribution >= 4 is 39.6 Å². The second-order valence-corrected chi connectivity index (χ2v) is 10.2. The van der Waals surface area contributed by atoms with E-state index in [1.54, 1.807) is 0 Å². The van der Waals surface area contributed by atoms with E-state index in [0.717, 1.165) is 19.3 Å². The SMILES string of the molecule is CCCCCCCCCCCCC(Br)C(=O)OC(CC(=O)S)C[N+](C)(C)C. The van der Waals surface area contributed by atoms with E-state index in [1.807, 2.05) is 21.1 Å². The van der Waals surface area contributed by atoms with Crippen LogP contribution in [0.15, 0.2) is 0 Å². The highest BCUT2D eigenvalue weighted by molar-refractivity contribution is 9.10. The number of hydrogen-bond acceptors (Lipinski definition) is 3. The van der Waals surface area contributed by atoms with Gasteiger partial charge in [-0.15, -0.1) is 12.6 Å². The minimum absolute atomic E-state index is 0.155. The largest absolute Gasteiger partial charge is 0.455 e. The lowest BCUT2D eigenvalue weighted by atomic mass is 10.1. The second kappa shape index (κ2) is 15.8. The zero-order valence-corrected chi connectivity index (χ0v) is 20.3. The van der Waals surface area contributed by atoms with E-state index in [9.17, 15) is 9.59 Å². The zero-order chi connectivity index (χ0) is 20.7. The van der Waals surface area contributed by atoms with Crippen LogP contribution in [0.25, 0.3) is 0 Å². The first-order valence-electron chi connectivity index (χ1n) is 10.5. The van der Waals surface area contributed by atoms with Gasteiger partial charge in [0.2, 0.25) is 0 Å². The molecule has 0 amide bonds. The van der Waals surface area contributed by atoms with Gasteiger partial charge in [0.15, 0.2) is 11.2 Å². The summed E-state index contributed by atoms with van der Waals surface area (Å²) in [6, 6.07) is 0. The maximum Gasteiger partial charge on any atom is 0.320 e. The number of carbonyl (C=O) groups excluding carboxylic acids is 2. The molecule has 0 fully saturated rings. The van der Waals surface area contributed by atoms with Crippen LogP contribution in [0.5, 0.6) is 0 Å². The predicted molar refractivity (Wildman–Crippen MR) is 121 cm³/mol. The molecule has 160 valence electrons. The van der Waals surface area contributed by atoms with Crippen LogP contribution in [0.1, 0.15) is 84.0 Å². The Balaban J connectivity index is 3.93. The van der Waals surface area contributed by atoms with Crippen molar-refractivity contribution in [2.24, 2.45) is 0 Å². The average molecular weight is 468 g/mol. The molecular formula is C21H41BrNO3S+. The average Bonchev–Trinajstić information content (AvgIpc) is 2.54. The van der Waals surface area contributed by atoms with Gasteiger partial charge in [0, 0.05) is 0 Å². The Morgan fingerprint density at radius 1 is 0.926 bits per heavy atom. The van der Waals surface area contributed by atoms with E-state index in [4.69, 9.17) is 4.74 Å². The monoisotopic (exact) mass is 466 g/mol. The zero-order valence-electron chi connectivity index (χ0n) is 17.8. The summed E-state index contributed by atoms with van der Waals surface area (Å²) in [6.07, 6.45) is 13.3. The third-order valence-corrected chi connectivity index (χ3v) is 5.52. The van der Waals surface area contributed by atoms with Gasteiger partial charge in [0.1, 0.15) is 11.4 Å².